The van der Waals surface area contributed by atoms with E-state index in [9.17, 15) is 14.4 Å². The summed E-state index contributed by atoms with van der Waals surface area (Å²) < 4.78 is 4.50. The summed E-state index contributed by atoms with van der Waals surface area (Å²) in [7, 11) is 3.21. The maximum Gasteiger partial charge on any atom is 0.308 e. The van der Waals surface area contributed by atoms with E-state index in [2.05, 4.69) is 15.0 Å². The molecule has 0 spiro atoms. The second-order valence-electron chi connectivity index (χ2n) is 5.37. The number of nitrogens with one attached hydrogen (secondary N) is 1. The van der Waals surface area contributed by atoms with Crippen LogP contribution in [0, 0.1) is 5.92 Å². The van der Waals surface area contributed by atoms with Crippen molar-refractivity contribution in [3.05, 3.63) is 0 Å². The van der Waals surface area contributed by atoms with Gasteiger partial charge in [-0.25, -0.2) is 0 Å². The van der Waals surface area contributed by atoms with Crippen LogP contribution in [0.3, 0.4) is 0 Å². The molecule has 2 fully saturated rings. The van der Waals surface area contributed by atoms with E-state index in [0.717, 1.165) is 19.3 Å². The van der Waals surface area contributed by atoms with Crippen molar-refractivity contribution in [2.75, 3.05) is 14.2 Å². The first-order valence-electron chi connectivity index (χ1n) is 6.61. The Balaban J connectivity index is 1.93. The van der Waals surface area contributed by atoms with Crippen LogP contribution >= 0.6 is 0 Å². The third-order valence-corrected chi connectivity index (χ3v) is 4.28. The molecule has 1 saturated heterocycles. The van der Waals surface area contributed by atoms with E-state index >= 15 is 0 Å². The molecule has 4 atom stereocenters. The molecule has 19 heavy (non-hydrogen) atoms. The molecule has 2 aliphatic rings. The summed E-state index contributed by atoms with van der Waals surface area (Å²) >= 11 is 0. The van der Waals surface area contributed by atoms with E-state index in [1.54, 1.807) is 0 Å². The Hall–Kier alpha value is -1.43. The Morgan fingerprint density at radius 3 is 2.74 bits per heavy atom. The van der Waals surface area contributed by atoms with Crippen molar-refractivity contribution in [1.29, 1.82) is 0 Å². The molecular weight excluding hydrogens is 248 g/mol. The van der Waals surface area contributed by atoms with E-state index in [0.29, 0.717) is 18.2 Å². The smallest absolute Gasteiger partial charge is 0.308 e. The number of hydrogen-bond donors (Lipinski definition) is 1. The van der Waals surface area contributed by atoms with Crippen LogP contribution in [0.15, 0.2) is 0 Å². The standard InChI is InChI=1S/C13H20N2O4/c1-15-10-4-3-8(5-10)12(15)13(18)14-9(7-16)6-11(17)19-2/h7-10,12H,3-6H2,1-2H3,(H,14,18)/t8-,9?,10+,12?/m1/s1. The van der Waals surface area contributed by atoms with Crippen molar-refractivity contribution in [3.63, 3.8) is 0 Å². The molecule has 2 rings (SSSR count). The number of likely N-dealkylation sites (tertiary alicyclic amines) is 1. The van der Waals surface area contributed by atoms with Crippen LogP contribution in [0.4, 0.5) is 0 Å². The molecule has 0 aromatic rings. The Morgan fingerprint density at radius 2 is 2.21 bits per heavy atom. The van der Waals surface area contributed by atoms with Gasteiger partial charge in [-0.1, -0.05) is 0 Å². The normalized spacial score (nSPS) is 30.9. The van der Waals surface area contributed by atoms with Crippen LogP contribution in [0.2, 0.25) is 0 Å². The van der Waals surface area contributed by atoms with E-state index in [1.165, 1.54) is 7.11 Å². The van der Waals surface area contributed by atoms with Crippen molar-refractivity contribution in [1.82, 2.24) is 10.2 Å². The van der Waals surface area contributed by atoms with Crippen LogP contribution in [0.1, 0.15) is 25.7 Å². The average Bonchev–Trinajstić information content (AvgIpc) is 2.98. The van der Waals surface area contributed by atoms with Crippen LogP contribution < -0.4 is 5.32 Å². The molecule has 0 aromatic heterocycles. The largest absolute Gasteiger partial charge is 0.469 e. The van der Waals surface area contributed by atoms with Gasteiger partial charge in [0.25, 0.3) is 0 Å². The molecule has 2 bridgehead atoms. The lowest BCUT2D eigenvalue weighted by Crippen LogP contribution is -2.51. The zero-order valence-corrected chi connectivity index (χ0v) is 11.3. The first kappa shape index (κ1) is 14.0. The number of amides is 1. The number of carbonyl (C=O) groups excluding carboxylic acids is 3. The summed E-state index contributed by atoms with van der Waals surface area (Å²) in [5, 5.41) is 2.64. The predicted molar refractivity (Wildman–Crippen MR) is 67.3 cm³/mol. The maximum absolute atomic E-state index is 12.2. The quantitative estimate of drug-likeness (QED) is 0.548. The van der Waals surface area contributed by atoms with Gasteiger partial charge < -0.3 is 14.8 Å². The SMILES string of the molecule is COC(=O)CC(C=O)NC(=O)C1[C@@H]2CC[C@@H](C2)N1C. The number of nitrogens with zero attached hydrogens (tertiary/aromatic N) is 1. The fourth-order valence-electron chi connectivity index (χ4n) is 3.27. The molecule has 6 heteroatoms. The summed E-state index contributed by atoms with van der Waals surface area (Å²) in [4.78, 5) is 36.4. The minimum absolute atomic E-state index is 0.115. The number of carbonyl (C=O) groups is 3. The van der Waals surface area contributed by atoms with Gasteiger partial charge >= 0.3 is 5.97 Å². The van der Waals surface area contributed by atoms with E-state index in [4.69, 9.17) is 0 Å². The summed E-state index contributed by atoms with van der Waals surface area (Å²) in [6.07, 6.45) is 3.73. The molecule has 2 unspecified atom stereocenters. The van der Waals surface area contributed by atoms with Gasteiger partial charge in [0.2, 0.25) is 5.91 Å². The number of aldehydes is 1. The fourth-order valence-corrected chi connectivity index (χ4v) is 3.27. The Morgan fingerprint density at radius 1 is 1.47 bits per heavy atom. The number of likely N-dealkylation sites (N-methyl/N-ethyl adjacent to an activating group) is 1. The summed E-state index contributed by atoms with van der Waals surface area (Å²) in [6.45, 7) is 0. The third kappa shape index (κ3) is 2.78. The highest BCUT2D eigenvalue weighted by molar-refractivity contribution is 5.87. The second-order valence-corrected chi connectivity index (χ2v) is 5.37. The van der Waals surface area contributed by atoms with Crippen molar-refractivity contribution in [2.24, 2.45) is 5.92 Å². The molecule has 0 radical (unpaired) electrons. The Bertz CT molecular complexity index is 383. The van der Waals surface area contributed by atoms with Gasteiger partial charge in [-0.05, 0) is 32.2 Å². The van der Waals surface area contributed by atoms with Gasteiger partial charge in [0, 0.05) is 6.04 Å². The lowest BCUT2D eigenvalue weighted by molar-refractivity contribution is -0.142. The molecule has 1 saturated carbocycles. The number of fused-ring (bicyclic) bond motifs is 2. The van der Waals surface area contributed by atoms with Crippen molar-refractivity contribution in [3.8, 4) is 0 Å². The zero-order chi connectivity index (χ0) is 14.0. The first-order chi connectivity index (χ1) is 9.06. The zero-order valence-electron chi connectivity index (χ0n) is 11.3. The van der Waals surface area contributed by atoms with Crippen LogP contribution in [-0.4, -0.2) is 55.3 Å². The van der Waals surface area contributed by atoms with Gasteiger partial charge in [0.1, 0.15) is 6.29 Å². The number of esters is 1. The number of methoxy groups -OCH3 is 1. The van der Waals surface area contributed by atoms with Crippen molar-refractivity contribution in [2.45, 2.75) is 43.8 Å². The van der Waals surface area contributed by atoms with E-state index < -0.39 is 12.0 Å². The van der Waals surface area contributed by atoms with Gasteiger partial charge in [-0.3, -0.25) is 14.5 Å². The van der Waals surface area contributed by atoms with E-state index in [1.807, 2.05) is 7.05 Å². The van der Waals surface area contributed by atoms with Gasteiger partial charge in [0.15, 0.2) is 0 Å². The molecular formula is C13H20N2O4. The monoisotopic (exact) mass is 268 g/mol. The Kier molecular flexibility index (Phi) is 4.19. The topological polar surface area (TPSA) is 75.7 Å². The van der Waals surface area contributed by atoms with Gasteiger partial charge in [-0.2, -0.15) is 0 Å². The van der Waals surface area contributed by atoms with Crippen LogP contribution in [0.5, 0.6) is 0 Å². The van der Waals surface area contributed by atoms with E-state index in [-0.39, 0.29) is 18.4 Å². The summed E-state index contributed by atoms with van der Waals surface area (Å²) in [6, 6.07) is -0.484. The van der Waals surface area contributed by atoms with Crippen molar-refractivity contribution < 1.29 is 19.1 Å². The van der Waals surface area contributed by atoms with Gasteiger partial charge in [0.05, 0.1) is 25.6 Å². The molecule has 1 amide bonds. The molecule has 1 aliphatic carbocycles. The predicted octanol–water partition coefficient (Wildman–Crippen LogP) is -0.284. The average molecular weight is 268 g/mol. The minimum Gasteiger partial charge on any atom is -0.469 e. The first-order valence-corrected chi connectivity index (χ1v) is 6.61. The maximum atomic E-state index is 12.2. The second kappa shape index (κ2) is 5.69. The summed E-state index contributed by atoms with van der Waals surface area (Å²) in [5.41, 5.74) is 0. The fraction of sp³-hybridized carbons (Fsp3) is 0.769. The number of rotatable bonds is 5. The summed E-state index contributed by atoms with van der Waals surface area (Å²) in [5.74, 6) is -0.283. The number of hydrogen-bond acceptors (Lipinski definition) is 5. The lowest BCUT2D eigenvalue weighted by atomic mass is 9.98. The van der Waals surface area contributed by atoms with Crippen LogP contribution in [0.25, 0.3) is 0 Å². The minimum atomic E-state index is -0.799. The lowest BCUT2D eigenvalue weighted by Gasteiger charge is -2.31. The highest BCUT2D eigenvalue weighted by atomic mass is 16.5. The molecule has 1 heterocycles. The highest BCUT2D eigenvalue weighted by Crippen LogP contribution is 2.41. The number of ether oxygens (including phenoxy) is 1. The molecule has 1 aliphatic heterocycles. The third-order valence-electron chi connectivity index (χ3n) is 4.28. The highest BCUT2D eigenvalue weighted by Gasteiger charge is 2.47. The van der Waals surface area contributed by atoms with Crippen molar-refractivity contribution >= 4 is 18.2 Å². The number of piperidine rings is 1. The van der Waals surface area contributed by atoms with Gasteiger partial charge in [-0.15, -0.1) is 0 Å². The molecule has 0 aromatic carbocycles. The molecule has 6 nitrogen and oxygen atoms in total. The van der Waals surface area contributed by atoms with Crippen LogP contribution in [-0.2, 0) is 19.1 Å². The molecule has 1 N–H and O–H groups in total. The molecule has 106 valence electrons. The Labute approximate surface area is 112 Å².